The number of hydrogen-bond donors (Lipinski definition) is 3. The van der Waals surface area contributed by atoms with Crippen LogP contribution in [-0.2, 0) is 10.0 Å². The highest BCUT2D eigenvalue weighted by Gasteiger charge is 2.23. The summed E-state index contributed by atoms with van der Waals surface area (Å²) in [6.45, 7) is 3.30. The van der Waals surface area contributed by atoms with Crippen molar-refractivity contribution < 1.29 is 22.0 Å². The van der Waals surface area contributed by atoms with Crippen molar-refractivity contribution in [3.8, 4) is 0 Å². The molecule has 0 radical (unpaired) electrons. The normalized spacial score (nSPS) is 11.2. The summed E-state index contributed by atoms with van der Waals surface area (Å²) in [5.74, 6) is -3.49. The Hall–Kier alpha value is -2.75. The summed E-state index contributed by atoms with van der Waals surface area (Å²) < 4.78 is 54.1. The van der Waals surface area contributed by atoms with Crippen LogP contribution >= 0.6 is 0 Å². The molecule has 0 bridgehead atoms. The van der Waals surface area contributed by atoms with Crippen molar-refractivity contribution in [3.05, 3.63) is 47.2 Å². The Balaban J connectivity index is 2.34. The van der Waals surface area contributed by atoms with Gasteiger partial charge in [0.1, 0.15) is 17.2 Å². The summed E-state index contributed by atoms with van der Waals surface area (Å²) in [4.78, 5) is 16.1. The van der Waals surface area contributed by atoms with Gasteiger partial charge in [0.25, 0.3) is 5.91 Å². The predicted octanol–water partition coefficient (Wildman–Crippen LogP) is 2.65. The van der Waals surface area contributed by atoms with Gasteiger partial charge in [0.2, 0.25) is 10.0 Å². The predicted molar refractivity (Wildman–Crippen MR) is 95.4 cm³/mol. The third-order valence-electron chi connectivity index (χ3n) is 3.43. The number of halogens is 2. The minimum Gasteiger partial charge on any atom is -0.383 e. The lowest BCUT2D eigenvalue weighted by molar-refractivity contribution is 0.101. The van der Waals surface area contributed by atoms with E-state index < -0.39 is 38.8 Å². The molecule has 0 atom stereocenters. The van der Waals surface area contributed by atoms with Crippen LogP contribution in [0.25, 0.3) is 0 Å². The number of pyridine rings is 1. The van der Waals surface area contributed by atoms with Crippen LogP contribution in [0.3, 0.4) is 0 Å². The molecule has 0 saturated heterocycles. The number of carbonyl (C=O) groups is 1. The fraction of sp³-hybridized carbons (Fsp3) is 0.250. The average molecular weight is 384 g/mol. The van der Waals surface area contributed by atoms with E-state index in [1.807, 2.05) is 4.72 Å². The number of anilines is 3. The number of nitrogens with two attached hydrogens (primary N) is 1. The van der Waals surface area contributed by atoms with Gasteiger partial charge >= 0.3 is 0 Å². The minimum atomic E-state index is -3.80. The maximum atomic E-state index is 14.5. The lowest BCUT2D eigenvalue weighted by Crippen LogP contribution is -2.20. The summed E-state index contributed by atoms with van der Waals surface area (Å²) >= 11 is 0. The smallest absolute Gasteiger partial charge is 0.261 e. The van der Waals surface area contributed by atoms with Crippen molar-refractivity contribution in [1.82, 2.24) is 4.98 Å². The Morgan fingerprint density at radius 3 is 2.62 bits per heavy atom. The maximum absolute atomic E-state index is 14.5. The Labute approximate surface area is 149 Å². The molecule has 4 N–H and O–H groups in total. The maximum Gasteiger partial charge on any atom is 0.261 e. The molecule has 10 heteroatoms. The minimum absolute atomic E-state index is 0.192. The van der Waals surface area contributed by atoms with E-state index in [2.05, 4.69) is 10.3 Å². The molecule has 0 saturated carbocycles. The molecular formula is C16H18F2N4O3S. The molecule has 1 amide bonds. The van der Waals surface area contributed by atoms with E-state index in [0.717, 1.165) is 12.1 Å². The fourth-order valence-corrected chi connectivity index (χ4v) is 3.31. The number of nitrogen functional groups attached to an aromatic ring is 1. The first-order valence-corrected chi connectivity index (χ1v) is 9.31. The largest absolute Gasteiger partial charge is 0.383 e. The number of sulfonamides is 1. The molecule has 1 aromatic carbocycles. The van der Waals surface area contributed by atoms with Crippen LogP contribution in [0.2, 0.25) is 0 Å². The first-order chi connectivity index (χ1) is 12.1. The third kappa shape index (κ3) is 4.45. The lowest BCUT2D eigenvalue weighted by Gasteiger charge is -2.12. The van der Waals surface area contributed by atoms with Crippen molar-refractivity contribution in [2.24, 2.45) is 0 Å². The van der Waals surface area contributed by atoms with Crippen LogP contribution in [0.5, 0.6) is 0 Å². The number of amides is 1. The molecule has 1 aromatic heterocycles. The van der Waals surface area contributed by atoms with E-state index in [0.29, 0.717) is 12.0 Å². The zero-order valence-corrected chi connectivity index (χ0v) is 15.0. The first kappa shape index (κ1) is 19.6. The quantitative estimate of drug-likeness (QED) is 0.708. The monoisotopic (exact) mass is 384 g/mol. The van der Waals surface area contributed by atoms with Crippen LogP contribution < -0.4 is 15.8 Å². The Morgan fingerprint density at radius 2 is 2.00 bits per heavy atom. The highest BCUT2D eigenvalue weighted by molar-refractivity contribution is 7.92. The van der Waals surface area contributed by atoms with Crippen LogP contribution in [-0.4, -0.2) is 25.1 Å². The third-order valence-corrected chi connectivity index (χ3v) is 4.91. The van der Waals surface area contributed by atoms with Gasteiger partial charge in [-0.3, -0.25) is 9.52 Å². The van der Waals surface area contributed by atoms with Gasteiger partial charge in [-0.05, 0) is 37.1 Å². The molecule has 0 spiro atoms. The molecule has 0 aliphatic heterocycles. The standard InChI is InChI=1S/C16H18F2N4O3S/c1-3-6-26(24,25)22-12-5-4-11(17)13(14(12)18)16(23)21-10-7-9(2)15(19)20-8-10/h4-5,7-8,22H,3,6H2,1-2H3,(H2,19,20)(H,21,23). The number of nitrogens with zero attached hydrogens (tertiary/aromatic N) is 1. The van der Waals surface area contributed by atoms with Crippen molar-refractivity contribution >= 4 is 33.1 Å². The lowest BCUT2D eigenvalue weighted by atomic mass is 10.1. The van der Waals surface area contributed by atoms with Gasteiger partial charge < -0.3 is 11.1 Å². The second-order valence-corrected chi connectivity index (χ2v) is 7.43. The highest BCUT2D eigenvalue weighted by Crippen LogP contribution is 2.24. The van der Waals surface area contributed by atoms with Gasteiger partial charge in [0.05, 0.1) is 23.3 Å². The molecule has 0 aliphatic rings. The van der Waals surface area contributed by atoms with Crippen LogP contribution in [0.1, 0.15) is 29.3 Å². The number of aromatic nitrogens is 1. The zero-order valence-electron chi connectivity index (χ0n) is 14.1. The Kier molecular flexibility index (Phi) is 5.76. The number of nitrogens with one attached hydrogen (secondary N) is 2. The van der Waals surface area contributed by atoms with E-state index in [4.69, 9.17) is 5.73 Å². The van der Waals surface area contributed by atoms with Crippen LogP contribution in [0.15, 0.2) is 24.4 Å². The SMILES string of the molecule is CCCS(=O)(=O)Nc1ccc(F)c(C(=O)Nc2cnc(N)c(C)c2)c1F. The van der Waals surface area contributed by atoms with Crippen molar-refractivity contribution in [2.75, 3.05) is 21.5 Å². The topological polar surface area (TPSA) is 114 Å². The number of rotatable bonds is 6. The highest BCUT2D eigenvalue weighted by atomic mass is 32.2. The van der Waals surface area contributed by atoms with E-state index in [1.165, 1.54) is 12.3 Å². The van der Waals surface area contributed by atoms with Gasteiger partial charge in [0, 0.05) is 0 Å². The van der Waals surface area contributed by atoms with Crippen molar-refractivity contribution in [3.63, 3.8) is 0 Å². The second kappa shape index (κ2) is 7.65. The van der Waals surface area contributed by atoms with Crippen molar-refractivity contribution in [2.45, 2.75) is 20.3 Å². The molecule has 7 nitrogen and oxygen atoms in total. The second-order valence-electron chi connectivity index (χ2n) is 5.59. The number of carbonyl (C=O) groups excluding carboxylic acids is 1. The van der Waals surface area contributed by atoms with Gasteiger partial charge in [-0.15, -0.1) is 0 Å². The number of aryl methyl sites for hydroxylation is 1. The van der Waals surface area contributed by atoms with Crippen LogP contribution in [0.4, 0.5) is 26.0 Å². The van der Waals surface area contributed by atoms with E-state index in [-0.39, 0.29) is 17.3 Å². The molecule has 26 heavy (non-hydrogen) atoms. The Morgan fingerprint density at radius 1 is 1.31 bits per heavy atom. The number of benzene rings is 1. The molecule has 0 aliphatic carbocycles. The summed E-state index contributed by atoms with van der Waals surface area (Å²) in [5.41, 5.74) is 4.93. The molecule has 1 heterocycles. The van der Waals surface area contributed by atoms with Crippen LogP contribution in [0, 0.1) is 18.6 Å². The summed E-state index contributed by atoms with van der Waals surface area (Å²) in [7, 11) is -3.80. The van der Waals surface area contributed by atoms with Gasteiger partial charge in [-0.1, -0.05) is 6.92 Å². The van der Waals surface area contributed by atoms with Gasteiger partial charge in [-0.25, -0.2) is 22.2 Å². The molecule has 2 aromatic rings. The molecule has 140 valence electrons. The van der Waals surface area contributed by atoms with Crippen molar-refractivity contribution in [1.29, 1.82) is 0 Å². The Bertz CT molecular complexity index is 949. The summed E-state index contributed by atoms with van der Waals surface area (Å²) in [6, 6.07) is 3.22. The molecular weight excluding hydrogens is 366 g/mol. The number of hydrogen-bond acceptors (Lipinski definition) is 5. The van der Waals surface area contributed by atoms with Gasteiger partial charge in [0.15, 0.2) is 5.82 Å². The van der Waals surface area contributed by atoms with E-state index >= 15 is 0 Å². The molecule has 0 unspecified atom stereocenters. The zero-order chi connectivity index (χ0) is 19.5. The summed E-state index contributed by atoms with van der Waals surface area (Å²) in [5, 5.41) is 2.31. The first-order valence-electron chi connectivity index (χ1n) is 7.66. The van der Waals surface area contributed by atoms with Gasteiger partial charge in [-0.2, -0.15) is 0 Å². The average Bonchev–Trinajstić information content (AvgIpc) is 2.54. The molecule has 2 rings (SSSR count). The molecule has 0 fully saturated rings. The van der Waals surface area contributed by atoms with E-state index in [1.54, 1.807) is 13.8 Å². The summed E-state index contributed by atoms with van der Waals surface area (Å²) in [6.07, 6.45) is 1.55. The van der Waals surface area contributed by atoms with E-state index in [9.17, 15) is 22.0 Å². The fourth-order valence-electron chi connectivity index (χ4n) is 2.17.